The van der Waals surface area contributed by atoms with E-state index in [2.05, 4.69) is 0 Å². The predicted octanol–water partition coefficient (Wildman–Crippen LogP) is 3.67. The lowest BCUT2D eigenvalue weighted by atomic mass is 9.61. The molecule has 0 aromatic carbocycles. The van der Waals surface area contributed by atoms with E-state index in [-0.39, 0.29) is 11.5 Å². The number of likely N-dealkylation sites (tertiary alicyclic amines) is 1. The van der Waals surface area contributed by atoms with Gasteiger partial charge in [-0.3, -0.25) is 4.79 Å². The molecule has 0 atom stereocenters. The van der Waals surface area contributed by atoms with Crippen LogP contribution in [-0.2, 0) is 9.53 Å². The van der Waals surface area contributed by atoms with E-state index in [9.17, 15) is 14.7 Å². The van der Waals surface area contributed by atoms with Gasteiger partial charge in [-0.05, 0) is 71.6 Å². The van der Waals surface area contributed by atoms with Gasteiger partial charge >= 0.3 is 12.1 Å². The molecule has 2 aliphatic rings. The standard InChI is InChI=1S/C17H29NO4/c1-15(2,3)22-14(21)18-11-9-17(10-12-18)7-5-16(4,6-8-17)13(19)20/h5-12H2,1-4H3,(H,19,20). The summed E-state index contributed by atoms with van der Waals surface area (Å²) in [7, 11) is 0. The molecule has 0 aromatic rings. The number of carboxylic acids is 1. The van der Waals surface area contributed by atoms with E-state index in [0.717, 1.165) is 51.6 Å². The molecule has 0 unspecified atom stereocenters. The Kier molecular flexibility index (Phi) is 4.46. The molecule has 1 saturated carbocycles. The number of ether oxygens (including phenoxy) is 1. The highest BCUT2D eigenvalue weighted by atomic mass is 16.6. The van der Waals surface area contributed by atoms with Crippen molar-refractivity contribution in [2.75, 3.05) is 13.1 Å². The van der Waals surface area contributed by atoms with Crippen molar-refractivity contribution < 1.29 is 19.4 Å². The molecule has 1 N–H and O–H groups in total. The first kappa shape index (κ1) is 17.1. The quantitative estimate of drug-likeness (QED) is 0.802. The average molecular weight is 311 g/mol. The van der Waals surface area contributed by atoms with Gasteiger partial charge in [0.1, 0.15) is 5.60 Å². The Morgan fingerprint density at radius 2 is 1.50 bits per heavy atom. The molecular formula is C17H29NO4. The Morgan fingerprint density at radius 3 is 1.91 bits per heavy atom. The molecule has 0 radical (unpaired) electrons. The predicted molar refractivity (Wildman–Crippen MR) is 83.7 cm³/mol. The number of aliphatic carboxylic acids is 1. The van der Waals surface area contributed by atoms with Gasteiger partial charge in [-0.25, -0.2) is 4.79 Å². The van der Waals surface area contributed by atoms with Gasteiger partial charge in [0.2, 0.25) is 0 Å². The molecule has 1 heterocycles. The Bertz CT molecular complexity index is 434. The molecule has 5 nitrogen and oxygen atoms in total. The molecule has 22 heavy (non-hydrogen) atoms. The fourth-order valence-electron chi connectivity index (χ4n) is 3.54. The zero-order chi connectivity index (χ0) is 16.6. The SMILES string of the molecule is CC(C)(C)OC(=O)N1CCC2(CC1)CCC(C)(C(=O)O)CC2. The third-order valence-corrected chi connectivity index (χ3v) is 5.41. The number of carbonyl (C=O) groups excluding carboxylic acids is 1. The van der Waals surface area contributed by atoms with Crippen LogP contribution in [0.3, 0.4) is 0 Å². The van der Waals surface area contributed by atoms with Gasteiger partial charge in [0, 0.05) is 13.1 Å². The number of carboxylic acid groups (broad SMARTS) is 1. The van der Waals surface area contributed by atoms with Gasteiger partial charge in [0.15, 0.2) is 0 Å². The summed E-state index contributed by atoms with van der Waals surface area (Å²) in [6.07, 6.45) is 5.09. The van der Waals surface area contributed by atoms with Crippen LogP contribution in [0.5, 0.6) is 0 Å². The van der Waals surface area contributed by atoms with Crippen molar-refractivity contribution in [1.29, 1.82) is 0 Å². The van der Waals surface area contributed by atoms with Crippen LogP contribution in [0.25, 0.3) is 0 Å². The van der Waals surface area contributed by atoms with E-state index in [0.29, 0.717) is 0 Å². The van der Waals surface area contributed by atoms with Crippen LogP contribution >= 0.6 is 0 Å². The summed E-state index contributed by atoms with van der Waals surface area (Å²) in [6, 6.07) is 0. The molecule has 0 aromatic heterocycles. The second-order valence-corrected chi connectivity index (χ2v) is 8.33. The highest BCUT2D eigenvalue weighted by Crippen LogP contribution is 2.50. The summed E-state index contributed by atoms with van der Waals surface area (Å²) in [5.74, 6) is -0.673. The van der Waals surface area contributed by atoms with Crippen LogP contribution in [0.15, 0.2) is 0 Å². The number of hydrogen-bond donors (Lipinski definition) is 1. The minimum absolute atomic E-state index is 0.228. The second-order valence-electron chi connectivity index (χ2n) is 8.33. The van der Waals surface area contributed by atoms with Crippen molar-refractivity contribution in [2.24, 2.45) is 10.8 Å². The Balaban J connectivity index is 1.88. The summed E-state index contributed by atoms with van der Waals surface area (Å²) in [5.41, 5.74) is -0.790. The number of nitrogens with zero attached hydrogens (tertiary/aromatic N) is 1. The fourth-order valence-corrected chi connectivity index (χ4v) is 3.54. The Labute approximate surface area is 133 Å². The summed E-state index contributed by atoms with van der Waals surface area (Å²) in [4.78, 5) is 25.2. The molecule has 5 heteroatoms. The van der Waals surface area contributed by atoms with Crippen LogP contribution in [0.4, 0.5) is 4.79 Å². The highest BCUT2D eigenvalue weighted by molar-refractivity contribution is 5.74. The first-order chi connectivity index (χ1) is 10.1. The highest BCUT2D eigenvalue weighted by Gasteiger charge is 2.45. The van der Waals surface area contributed by atoms with Crippen molar-refractivity contribution in [3.05, 3.63) is 0 Å². The number of rotatable bonds is 1. The van der Waals surface area contributed by atoms with Crippen molar-refractivity contribution in [2.45, 2.75) is 71.8 Å². The normalized spacial score (nSPS) is 24.1. The van der Waals surface area contributed by atoms with Crippen LogP contribution < -0.4 is 0 Å². The second kappa shape index (κ2) is 5.74. The smallest absolute Gasteiger partial charge is 0.410 e. The third kappa shape index (κ3) is 3.73. The van der Waals surface area contributed by atoms with Crippen LogP contribution in [0, 0.1) is 10.8 Å². The van der Waals surface area contributed by atoms with Gasteiger partial charge in [0.25, 0.3) is 0 Å². The van der Waals surface area contributed by atoms with Crippen molar-refractivity contribution in [3.8, 4) is 0 Å². The number of amides is 1. The first-order valence-electron chi connectivity index (χ1n) is 8.27. The zero-order valence-electron chi connectivity index (χ0n) is 14.3. The molecule has 1 aliphatic heterocycles. The lowest BCUT2D eigenvalue weighted by molar-refractivity contribution is -0.151. The first-order valence-corrected chi connectivity index (χ1v) is 8.27. The van der Waals surface area contributed by atoms with Crippen LogP contribution in [0.1, 0.15) is 66.2 Å². The third-order valence-electron chi connectivity index (χ3n) is 5.41. The number of piperidine rings is 1. The van der Waals surface area contributed by atoms with E-state index in [1.165, 1.54) is 0 Å². The van der Waals surface area contributed by atoms with Crippen molar-refractivity contribution >= 4 is 12.1 Å². The van der Waals surface area contributed by atoms with E-state index in [1.54, 1.807) is 4.90 Å². The van der Waals surface area contributed by atoms with Crippen LogP contribution in [0.2, 0.25) is 0 Å². The van der Waals surface area contributed by atoms with Gasteiger partial charge in [-0.1, -0.05) is 0 Å². The molecule has 1 aliphatic carbocycles. The maximum Gasteiger partial charge on any atom is 0.410 e. The molecule has 126 valence electrons. The fraction of sp³-hybridized carbons (Fsp3) is 0.882. The largest absolute Gasteiger partial charge is 0.481 e. The molecule has 2 rings (SSSR count). The number of carbonyl (C=O) groups is 2. The minimum Gasteiger partial charge on any atom is -0.481 e. The van der Waals surface area contributed by atoms with Gasteiger partial charge in [0.05, 0.1) is 5.41 Å². The van der Waals surface area contributed by atoms with Crippen molar-refractivity contribution in [1.82, 2.24) is 4.90 Å². The summed E-state index contributed by atoms with van der Waals surface area (Å²) < 4.78 is 5.43. The summed E-state index contributed by atoms with van der Waals surface area (Å²) in [6.45, 7) is 8.94. The van der Waals surface area contributed by atoms with E-state index >= 15 is 0 Å². The lowest BCUT2D eigenvalue weighted by Crippen LogP contribution is -2.47. The van der Waals surface area contributed by atoms with Crippen molar-refractivity contribution in [3.63, 3.8) is 0 Å². The average Bonchev–Trinajstić information content (AvgIpc) is 2.41. The van der Waals surface area contributed by atoms with Gasteiger partial charge in [-0.15, -0.1) is 0 Å². The molecular weight excluding hydrogens is 282 g/mol. The zero-order valence-corrected chi connectivity index (χ0v) is 14.3. The Morgan fingerprint density at radius 1 is 1.00 bits per heavy atom. The molecule has 1 spiro atoms. The molecule has 2 fully saturated rings. The number of hydrogen-bond acceptors (Lipinski definition) is 3. The molecule has 1 amide bonds. The monoisotopic (exact) mass is 311 g/mol. The maximum atomic E-state index is 12.1. The Hall–Kier alpha value is -1.26. The molecule has 1 saturated heterocycles. The topological polar surface area (TPSA) is 66.8 Å². The van der Waals surface area contributed by atoms with E-state index < -0.39 is 17.0 Å². The van der Waals surface area contributed by atoms with E-state index in [4.69, 9.17) is 4.74 Å². The molecule has 0 bridgehead atoms. The van der Waals surface area contributed by atoms with E-state index in [1.807, 2.05) is 27.7 Å². The minimum atomic E-state index is -0.673. The lowest BCUT2D eigenvalue weighted by Gasteiger charge is -2.47. The van der Waals surface area contributed by atoms with Gasteiger partial charge in [-0.2, -0.15) is 0 Å². The van der Waals surface area contributed by atoms with Crippen LogP contribution in [-0.4, -0.2) is 40.8 Å². The van der Waals surface area contributed by atoms with Gasteiger partial charge < -0.3 is 14.7 Å². The summed E-state index contributed by atoms with van der Waals surface area (Å²) >= 11 is 0. The maximum absolute atomic E-state index is 12.1. The summed E-state index contributed by atoms with van der Waals surface area (Å²) in [5, 5.41) is 9.34.